The van der Waals surface area contributed by atoms with Gasteiger partial charge in [-0.1, -0.05) is 18.2 Å². The summed E-state index contributed by atoms with van der Waals surface area (Å²) in [6, 6.07) is 8.38. The lowest BCUT2D eigenvalue weighted by atomic mass is 9.98. The summed E-state index contributed by atoms with van der Waals surface area (Å²) < 4.78 is 51.9. The van der Waals surface area contributed by atoms with E-state index in [0.717, 1.165) is 0 Å². The lowest BCUT2D eigenvalue weighted by Gasteiger charge is -2.16. The Labute approximate surface area is 130 Å². The molecular weight excluding hydrogens is 313 g/mol. The lowest BCUT2D eigenvalue weighted by molar-refractivity contribution is -0.274. The lowest BCUT2D eigenvalue weighted by Crippen LogP contribution is -2.17. The summed E-state index contributed by atoms with van der Waals surface area (Å²) >= 11 is 0. The molecule has 0 aromatic heterocycles. The second-order valence-electron chi connectivity index (χ2n) is 4.46. The van der Waals surface area contributed by atoms with Gasteiger partial charge < -0.3 is 14.2 Å². The molecule has 0 fully saturated rings. The summed E-state index contributed by atoms with van der Waals surface area (Å²) in [7, 11) is 2.78. The first-order valence-electron chi connectivity index (χ1n) is 6.46. The molecule has 0 aliphatic heterocycles. The van der Waals surface area contributed by atoms with Crippen molar-refractivity contribution in [3.8, 4) is 28.4 Å². The maximum absolute atomic E-state index is 12.5. The minimum absolute atomic E-state index is 0.118. The first-order valence-corrected chi connectivity index (χ1v) is 6.46. The van der Waals surface area contributed by atoms with Crippen LogP contribution in [0.15, 0.2) is 36.4 Å². The zero-order chi connectivity index (χ0) is 17.0. The van der Waals surface area contributed by atoms with Gasteiger partial charge in [-0.2, -0.15) is 0 Å². The van der Waals surface area contributed by atoms with Crippen molar-refractivity contribution in [2.24, 2.45) is 0 Å². The molecule has 4 nitrogen and oxygen atoms in total. The minimum atomic E-state index is -4.84. The average Bonchev–Trinajstić information content (AvgIpc) is 2.52. The number of carbonyl (C=O) groups excluding carboxylic acids is 1. The van der Waals surface area contributed by atoms with Crippen molar-refractivity contribution in [1.29, 1.82) is 0 Å². The number of ether oxygens (including phenoxy) is 3. The van der Waals surface area contributed by atoms with Crippen molar-refractivity contribution < 1.29 is 32.2 Å². The molecule has 2 rings (SSSR count). The molecule has 0 N–H and O–H groups in total. The number of rotatable bonds is 5. The number of benzene rings is 2. The molecule has 2 aromatic rings. The molecule has 0 saturated carbocycles. The first kappa shape index (κ1) is 16.7. The summed E-state index contributed by atoms with van der Waals surface area (Å²) in [5, 5.41) is 0. The van der Waals surface area contributed by atoms with Gasteiger partial charge in [0.1, 0.15) is 5.75 Å². The van der Waals surface area contributed by atoms with Gasteiger partial charge >= 0.3 is 6.36 Å². The molecule has 0 spiro atoms. The number of hydrogen-bond acceptors (Lipinski definition) is 4. The van der Waals surface area contributed by atoms with E-state index in [1.54, 1.807) is 6.07 Å². The molecule has 0 heterocycles. The molecule has 0 saturated heterocycles. The number of aldehydes is 1. The van der Waals surface area contributed by atoms with Crippen LogP contribution in [0.5, 0.6) is 17.2 Å². The van der Waals surface area contributed by atoms with Gasteiger partial charge in [0.2, 0.25) is 0 Å². The molecule has 0 aliphatic rings. The molecule has 0 radical (unpaired) electrons. The van der Waals surface area contributed by atoms with Gasteiger partial charge in [-0.3, -0.25) is 4.79 Å². The van der Waals surface area contributed by atoms with E-state index in [4.69, 9.17) is 9.47 Å². The fourth-order valence-corrected chi connectivity index (χ4v) is 2.13. The van der Waals surface area contributed by atoms with Crippen molar-refractivity contribution in [1.82, 2.24) is 0 Å². The number of para-hydroxylation sites is 1. The van der Waals surface area contributed by atoms with Crippen LogP contribution < -0.4 is 14.2 Å². The molecule has 0 bridgehead atoms. The van der Waals surface area contributed by atoms with Crippen LogP contribution in [-0.2, 0) is 0 Å². The Balaban J connectivity index is 2.64. The van der Waals surface area contributed by atoms with Crippen LogP contribution in [0.1, 0.15) is 10.4 Å². The zero-order valence-corrected chi connectivity index (χ0v) is 12.3. The highest BCUT2D eigenvalue weighted by atomic mass is 19.4. The summed E-state index contributed by atoms with van der Waals surface area (Å²) in [6.45, 7) is 0. The van der Waals surface area contributed by atoms with Gasteiger partial charge in [-0.25, -0.2) is 0 Å². The van der Waals surface area contributed by atoms with E-state index >= 15 is 0 Å². The van der Waals surface area contributed by atoms with Crippen LogP contribution in [0.3, 0.4) is 0 Å². The largest absolute Gasteiger partial charge is 0.573 e. The number of alkyl halides is 3. The number of methoxy groups -OCH3 is 2. The third-order valence-electron chi connectivity index (χ3n) is 3.09. The Morgan fingerprint density at radius 1 is 0.913 bits per heavy atom. The summed E-state index contributed by atoms with van der Waals surface area (Å²) in [4.78, 5) is 11.3. The third kappa shape index (κ3) is 3.74. The second-order valence-corrected chi connectivity index (χ2v) is 4.46. The molecule has 23 heavy (non-hydrogen) atoms. The van der Waals surface area contributed by atoms with E-state index in [9.17, 15) is 18.0 Å². The Bertz CT molecular complexity index is 711. The zero-order valence-electron chi connectivity index (χ0n) is 12.3. The maximum atomic E-state index is 12.5. The van der Waals surface area contributed by atoms with E-state index in [2.05, 4.69) is 4.74 Å². The SMILES string of the molecule is COc1cc(C=O)c(-c2ccccc2OC(F)(F)F)cc1OC. The van der Waals surface area contributed by atoms with E-state index in [1.807, 2.05) is 0 Å². The van der Waals surface area contributed by atoms with Crippen LogP contribution >= 0.6 is 0 Å². The van der Waals surface area contributed by atoms with Gasteiger partial charge in [0.15, 0.2) is 17.8 Å². The van der Waals surface area contributed by atoms with Gasteiger partial charge in [0.25, 0.3) is 0 Å². The van der Waals surface area contributed by atoms with Crippen molar-refractivity contribution >= 4 is 6.29 Å². The highest BCUT2D eigenvalue weighted by Gasteiger charge is 2.32. The van der Waals surface area contributed by atoms with Crippen LogP contribution in [0.2, 0.25) is 0 Å². The fourth-order valence-electron chi connectivity index (χ4n) is 2.13. The third-order valence-corrected chi connectivity index (χ3v) is 3.09. The van der Waals surface area contributed by atoms with Crippen molar-refractivity contribution in [2.45, 2.75) is 6.36 Å². The highest BCUT2D eigenvalue weighted by molar-refractivity contribution is 5.91. The maximum Gasteiger partial charge on any atom is 0.573 e. The second kappa shape index (κ2) is 6.60. The normalized spacial score (nSPS) is 11.0. The number of hydrogen-bond donors (Lipinski definition) is 0. The van der Waals surface area contributed by atoms with Crippen LogP contribution in [0.25, 0.3) is 11.1 Å². The summed E-state index contributed by atoms with van der Waals surface area (Å²) in [6.07, 6.45) is -4.31. The van der Waals surface area contributed by atoms with Crippen LogP contribution in [-0.4, -0.2) is 26.9 Å². The highest BCUT2D eigenvalue weighted by Crippen LogP contribution is 2.40. The van der Waals surface area contributed by atoms with Gasteiger partial charge in [0.05, 0.1) is 14.2 Å². The monoisotopic (exact) mass is 326 g/mol. The van der Waals surface area contributed by atoms with Crippen molar-refractivity contribution in [2.75, 3.05) is 14.2 Å². The Kier molecular flexibility index (Phi) is 4.78. The number of carbonyl (C=O) groups is 1. The molecule has 0 aliphatic carbocycles. The quantitative estimate of drug-likeness (QED) is 0.777. The standard InChI is InChI=1S/C16H13F3O4/c1-21-14-7-10(9-20)12(8-15(14)22-2)11-5-3-4-6-13(11)23-16(17,18)19/h3-9H,1-2H3. The summed E-state index contributed by atoms with van der Waals surface area (Å²) in [5.74, 6) is 0.179. The van der Waals surface area contributed by atoms with E-state index in [1.165, 1.54) is 44.6 Å². The van der Waals surface area contributed by atoms with Crippen molar-refractivity contribution in [3.05, 3.63) is 42.0 Å². The predicted octanol–water partition coefficient (Wildman–Crippen LogP) is 4.08. The van der Waals surface area contributed by atoms with E-state index in [0.29, 0.717) is 12.0 Å². The Hall–Kier alpha value is -2.70. The topological polar surface area (TPSA) is 44.8 Å². The predicted molar refractivity (Wildman–Crippen MR) is 77.1 cm³/mol. The molecule has 0 amide bonds. The van der Waals surface area contributed by atoms with E-state index < -0.39 is 12.1 Å². The average molecular weight is 326 g/mol. The van der Waals surface area contributed by atoms with Crippen LogP contribution in [0.4, 0.5) is 13.2 Å². The molecule has 0 unspecified atom stereocenters. The van der Waals surface area contributed by atoms with Gasteiger partial charge in [-0.05, 0) is 23.8 Å². The van der Waals surface area contributed by atoms with Crippen LogP contribution in [0, 0.1) is 0 Å². The van der Waals surface area contributed by atoms with Gasteiger partial charge in [-0.15, -0.1) is 13.2 Å². The smallest absolute Gasteiger partial charge is 0.493 e. The van der Waals surface area contributed by atoms with E-state index in [-0.39, 0.29) is 22.4 Å². The summed E-state index contributed by atoms with van der Waals surface area (Å²) in [5.41, 5.74) is 0.520. The molecule has 0 atom stereocenters. The minimum Gasteiger partial charge on any atom is -0.493 e. The molecule has 2 aromatic carbocycles. The first-order chi connectivity index (χ1) is 10.9. The molecule has 122 valence electrons. The Morgan fingerprint density at radius 3 is 2.09 bits per heavy atom. The van der Waals surface area contributed by atoms with Crippen molar-refractivity contribution in [3.63, 3.8) is 0 Å². The Morgan fingerprint density at radius 2 is 1.52 bits per heavy atom. The van der Waals surface area contributed by atoms with Gasteiger partial charge in [0, 0.05) is 11.1 Å². The molecular formula is C16H13F3O4. The molecule has 7 heteroatoms. The number of halogens is 3. The fraction of sp³-hybridized carbons (Fsp3) is 0.188.